The summed E-state index contributed by atoms with van der Waals surface area (Å²) in [6, 6.07) is 2.93. The molecule has 1 amide bonds. The zero-order chi connectivity index (χ0) is 20.3. The molecule has 28 heavy (non-hydrogen) atoms. The van der Waals surface area contributed by atoms with Gasteiger partial charge in [-0.25, -0.2) is 4.39 Å². The average Bonchev–Trinajstić information content (AvgIpc) is 3.43. The fraction of sp³-hybridized carbons (Fsp3) is 0.421. The largest absolute Gasteiger partial charge is 0.464 e. The zero-order valence-electron chi connectivity index (χ0n) is 15.5. The first-order valence-corrected chi connectivity index (χ1v) is 9.49. The summed E-state index contributed by atoms with van der Waals surface area (Å²) in [5, 5.41) is 7.02. The highest BCUT2D eigenvalue weighted by Gasteiger charge is 2.25. The van der Waals surface area contributed by atoms with Crippen LogP contribution >= 0.6 is 11.6 Å². The highest BCUT2D eigenvalue weighted by atomic mass is 35.5. The molecule has 0 radical (unpaired) electrons. The van der Waals surface area contributed by atoms with E-state index in [-0.39, 0.29) is 12.1 Å². The van der Waals surface area contributed by atoms with Crippen LogP contribution in [-0.4, -0.2) is 40.9 Å². The molecule has 1 unspecified atom stereocenters. The summed E-state index contributed by atoms with van der Waals surface area (Å²) in [6.45, 7) is 2.67. The van der Waals surface area contributed by atoms with Gasteiger partial charge in [0.05, 0.1) is 23.5 Å². The molecule has 0 bridgehead atoms. The normalized spacial score (nSPS) is 14.6. The summed E-state index contributed by atoms with van der Waals surface area (Å²) in [5.74, 6) is -1.27. The van der Waals surface area contributed by atoms with E-state index in [0.717, 1.165) is 18.9 Å². The number of benzene rings is 1. The van der Waals surface area contributed by atoms with Crippen LogP contribution in [0.2, 0.25) is 5.02 Å². The minimum Gasteiger partial charge on any atom is -0.464 e. The van der Waals surface area contributed by atoms with Crippen molar-refractivity contribution in [2.45, 2.75) is 32.4 Å². The van der Waals surface area contributed by atoms with Crippen LogP contribution in [0.15, 0.2) is 24.4 Å². The number of aromatic nitrogens is 2. The van der Waals surface area contributed by atoms with E-state index in [4.69, 9.17) is 22.1 Å². The van der Waals surface area contributed by atoms with Gasteiger partial charge in [-0.3, -0.25) is 14.3 Å². The van der Waals surface area contributed by atoms with Crippen molar-refractivity contribution < 1.29 is 18.7 Å². The second-order valence-electron chi connectivity index (χ2n) is 6.78. The quantitative estimate of drug-likeness (QED) is 0.653. The molecule has 0 saturated heterocycles. The molecule has 1 fully saturated rings. The number of hydrogen-bond donors (Lipinski definition) is 2. The molecule has 1 heterocycles. The highest BCUT2D eigenvalue weighted by molar-refractivity contribution is 6.33. The molecule has 7 nitrogen and oxygen atoms in total. The molecule has 1 aliphatic rings. The van der Waals surface area contributed by atoms with Crippen LogP contribution in [0.4, 0.5) is 4.39 Å². The Morgan fingerprint density at radius 1 is 1.43 bits per heavy atom. The first-order valence-electron chi connectivity index (χ1n) is 9.11. The van der Waals surface area contributed by atoms with Gasteiger partial charge in [-0.15, -0.1) is 0 Å². The SMILES string of the molecule is CCn1ncc(Cl)c1-c1cc(F)cc(C(=O)NCC(N)C(=O)OCC2CC2)c1. The van der Waals surface area contributed by atoms with E-state index in [2.05, 4.69) is 10.4 Å². The molecular formula is C19H22ClFN4O3. The Morgan fingerprint density at radius 3 is 2.86 bits per heavy atom. The van der Waals surface area contributed by atoms with E-state index in [0.29, 0.717) is 35.3 Å². The Hall–Kier alpha value is -2.45. The van der Waals surface area contributed by atoms with Crippen molar-refractivity contribution in [2.24, 2.45) is 11.7 Å². The Morgan fingerprint density at radius 2 is 2.18 bits per heavy atom. The number of aryl methyl sites for hydroxylation is 1. The third-order valence-electron chi connectivity index (χ3n) is 4.47. The van der Waals surface area contributed by atoms with Crippen molar-refractivity contribution >= 4 is 23.5 Å². The maximum absolute atomic E-state index is 14.1. The van der Waals surface area contributed by atoms with Gasteiger partial charge in [0, 0.05) is 24.2 Å². The second-order valence-corrected chi connectivity index (χ2v) is 7.18. The van der Waals surface area contributed by atoms with Gasteiger partial charge < -0.3 is 15.8 Å². The lowest BCUT2D eigenvalue weighted by atomic mass is 10.1. The molecule has 1 atom stereocenters. The zero-order valence-corrected chi connectivity index (χ0v) is 16.2. The summed E-state index contributed by atoms with van der Waals surface area (Å²) >= 11 is 6.16. The van der Waals surface area contributed by atoms with Gasteiger partial charge in [-0.2, -0.15) is 5.10 Å². The lowest BCUT2D eigenvalue weighted by molar-refractivity contribution is -0.145. The number of rotatable bonds is 8. The van der Waals surface area contributed by atoms with Crippen LogP contribution in [0.5, 0.6) is 0 Å². The topological polar surface area (TPSA) is 99.2 Å². The summed E-state index contributed by atoms with van der Waals surface area (Å²) in [4.78, 5) is 24.2. The molecule has 3 N–H and O–H groups in total. The lowest BCUT2D eigenvalue weighted by Crippen LogP contribution is -2.43. The number of nitrogens with one attached hydrogen (secondary N) is 1. The van der Waals surface area contributed by atoms with Crippen LogP contribution in [0, 0.1) is 11.7 Å². The standard InChI is InChI=1S/C19H22ClFN4O3/c1-2-25-17(15(20)8-24-25)12-5-13(7-14(21)6-12)18(26)23-9-16(22)19(27)28-10-11-3-4-11/h5-8,11,16H,2-4,9-10,22H2,1H3,(H,23,26). The molecule has 3 rings (SSSR count). The summed E-state index contributed by atoms with van der Waals surface area (Å²) in [6.07, 6.45) is 3.58. The van der Waals surface area contributed by atoms with E-state index in [1.54, 1.807) is 4.68 Å². The number of ether oxygens (including phenoxy) is 1. The third-order valence-corrected chi connectivity index (χ3v) is 4.75. The van der Waals surface area contributed by atoms with E-state index >= 15 is 0 Å². The fourth-order valence-corrected chi connectivity index (χ4v) is 2.98. The maximum Gasteiger partial charge on any atom is 0.324 e. The van der Waals surface area contributed by atoms with Crippen molar-refractivity contribution in [1.29, 1.82) is 0 Å². The third kappa shape index (κ3) is 4.88. The van der Waals surface area contributed by atoms with Crippen molar-refractivity contribution in [3.63, 3.8) is 0 Å². The summed E-state index contributed by atoms with van der Waals surface area (Å²) < 4.78 is 20.8. The van der Waals surface area contributed by atoms with Crippen LogP contribution < -0.4 is 11.1 Å². The first-order chi connectivity index (χ1) is 13.4. The smallest absolute Gasteiger partial charge is 0.324 e. The van der Waals surface area contributed by atoms with E-state index in [1.807, 2.05) is 6.92 Å². The minimum absolute atomic E-state index is 0.0912. The number of hydrogen-bond acceptors (Lipinski definition) is 5. The van der Waals surface area contributed by atoms with Gasteiger partial charge in [-0.05, 0) is 43.9 Å². The predicted molar refractivity (Wildman–Crippen MR) is 102 cm³/mol. The maximum atomic E-state index is 14.1. The molecule has 1 saturated carbocycles. The van der Waals surface area contributed by atoms with E-state index in [9.17, 15) is 14.0 Å². The van der Waals surface area contributed by atoms with Crippen molar-refractivity contribution in [2.75, 3.05) is 13.2 Å². The minimum atomic E-state index is -0.980. The average molecular weight is 409 g/mol. The van der Waals surface area contributed by atoms with Crippen molar-refractivity contribution in [3.8, 4) is 11.3 Å². The number of carbonyl (C=O) groups excluding carboxylic acids is 2. The van der Waals surface area contributed by atoms with Crippen molar-refractivity contribution in [1.82, 2.24) is 15.1 Å². The molecule has 1 aromatic carbocycles. The number of nitrogens with two attached hydrogens (primary N) is 1. The van der Waals surface area contributed by atoms with Crippen molar-refractivity contribution in [3.05, 3.63) is 40.8 Å². The fourth-order valence-electron chi connectivity index (χ4n) is 2.73. The molecule has 2 aromatic rings. The van der Waals surface area contributed by atoms with Gasteiger partial charge >= 0.3 is 5.97 Å². The van der Waals surface area contributed by atoms with E-state index < -0.39 is 23.7 Å². The van der Waals surface area contributed by atoms with Gasteiger partial charge in [0.25, 0.3) is 5.91 Å². The van der Waals surface area contributed by atoms with Crippen LogP contribution in [0.1, 0.15) is 30.1 Å². The summed E-state index contributed by atoms with van der Waals surface area (Å²) in [7, 11) is 0. The monoisotopic (exact) mass is 408 g/mol. The Labute approximate surface area is 167 Å². The van der Waals surface area contributed by atoms with Crippen LogP contribution in [-0.2, 0) is 16.1 Å². The van der Waals surface area contributed by atoms with Crippen LogP contribution in [0.3, 0.4) is 0 Å². The van der Waals surface area contributed by atoms with Crippen LogP contribution in [0.25, 0.3) is 11.3 Å². The molecule has 150 valence electrons. The number of amides is 1. The Kier molecular flexibility index (Phi) is 6.31. The Bertz CT molecular complexity index is 882. The molecular weight excluding hydrogens is 387 g/mol. The summed E-state index contributed by atoms with van der Waals surface area (Å²) in [5.41, 5.74) is 6.80. The van der Waals surface area contributed by atoms with Gasteiger partial charge in [0.2, 0.25) is 0 Å². The number of nitrogens with zero attached hydrogens (tertiary/aromatic N) is 2. The number of esters is 1. The van der Waals surface area contributed by atoms with E-state index in [1.165, 1.54) is 18.3 Å². The number of halogens is 2. The molecule has 9 heteroatoms. The number of carbonyl (C=O) groups is 2. The molecule has 0 aliphatic heterocycles. The highest BCUT2D eigenvalue weighted by Crippen LogP contribution is 2.29. The van der Waals surface area contributed by atoms with Gasteiger partial charge in [0.1, 0.15) is 11.9 Å². The molecule has 1 aliphatic carbocycles. The predicted octanol–water partition coefficient (Wildman–Crippen LogP) is 2.37. The van der Waals surface area contributed by atoms with Gasteiger partial charge in [-0.1, -0.05) is 11.6 Å². The lowest BCUT2D eigenvalue weighted by Gasteiger charge is -2.13. The molecule has 1 aromatic heterocycles. The van der Waals surface area contributed by atoms with Gasteiger partial charge in [0.15, 0.2) is 0 Å². The first kappa shape index (κ1) is 20.3. The Balaban J connectivity index is 1.67. The molecule has 0 spiro atoms. The second kappa shape index (κ2) is 8.70.